The number of hydrogen-bond donors (Lipinski definition) is 3. The zero-order valence-corrected chi connectivity index (χ0v) is 23.4. The summed E-state index contributed by atoms with van der Waals surface area (Å²) >= 11 is 0. The molecule has 0 aromatic heterocycles. The van der Waals surface area contributed by atoms with Gasteiger partial charge in [-0.25, -0.2) is 0 Å². The van der Waals surface area contributed by atoms with Crippen molar-refractivity contribution in [1.29, 1.82) is 0 Å². The first-order valence-corrected chi connectivity index (χ1v) is 14.4. The second-order valence-corrected chi connectivity index (χ2v) is 10.1. The van der Waals surface area contributed by atoms with Crippen molar-refractivity contribution in [2.75, 3.05) is 0 Å². The lowest BCUT2D eigenvalue weighted by molar-refractivity contribution is -0.134. The minimum absolute atomic E-state index is 0.0465. The highest BCUT2D eigenvalue weighted by Gasteiger charge is 2.15. The molecule has 3 aromatic rings. The van der Waals surface area contributed by atoms with Gasteiger partial charge in [0.25, 0.3) is 0 Å². The van der Waals surface area contributed by atoms with Gasteiger partial charge < -0.3 is 24.8 Å². The first kappa shape index (κ1) is 30.8. The monoisotopic (exact) mass is 546 g/mol. The molecule has 3 aromatic carbocycles. The number of ether oxygens (including phenoxy) is 2. The van der Waals surface area contributed by atoms with E-state index in [9.17, 15) is 20.1 Å². The molecule has 1 unspecified atom stereocenters. The Kier molecular flexibility index (Phi) is 13.1. The van der Waals surface area contributed by atoms with Gasteiger partial charge in [-0.2, -0.15) is 0 Å². The molecule has 0 aliphatic heterocycles. The van der Waals surface area contributed by atoms with Crippen molar-refractivity contribution >= 4 is 12.0 Å². The maximum absolute atomic E-state index is 12.5. The Morgan fingerprint density at radius 2 is 1.55 bits per heavy atom. The minimum atomic E-state index is -1.05. The van der Waals surface area contributed by atoms with Crippen molar-refractivity contribution < 1.29 is 29.6 Å². The Labute approximate surface area is 237 Å². The number of hydrogen-bond acceptors (Lipinski definition) is 6. The highest BCUT2D eigenvalue weighted by Crippen LogP contribution is 2.33. The van der Waals surface area contributed by atoms with Gasteiger partial charge in [-0.1, -0.05) is 101 Å². The molecule has 0 spiro atoms. The Balaban J connectivity index is 1.60. The Hall–Kier alpha value is -3.77. The number of aliphatic hydroxyl groups is 1. The minimum Gasteiger partial charge on any atom is -0.508 e. The average Bonchev–Trinajstić information content (AvgIpc) is 2.95. The highest BCUT2D eigenvalue weighted by atomic mass is 16.5. The predicted molar refractivity (Wildman–Crippen MR) is 158 cm³/mol. The second-order valence-electron chi connectivity index (χ2n) is 10.1. The second kappa shape index (κ2) is 17.0. The van der Waals surface area contributed by atoms with Gasteiger partial charge in [-0.3, -0.25) is 4.79 Å². The van der Waals surface area contributed by atoms with Gasteiger partial charge in [0, 0.05) is 29.7 Å². The van der Waals surface area contributed by atoms with Gasteiger partial charge in [-0.05, 0) is 36.2 Å². The van der Waals surface area contributed by atoms with Gasteiger partial charge in [0.1, 0.15) is 35.7 Å². The molecule has 214 valence electrons. The number of phenolic OH excluding ortho intramolecular Hbond substituents is 2. The maximum Gasteiger partial charge on any atom is 0.311 e. The van der Waals surface area contributed by atoms with E-state index in [1.165, 1.54) is 56.7 Å². The summed E-state index contributed by atoms with van der Waals surface area (Å²) in [4.78, 5) is 12.5. The number of carbonyl (C=O) groups excluding carboxylic acids is 1. The molecule has 6 nitrogen and oxygen atoms in total. The molecule has 0 aliphatic carbocycles. The smallest absolute Gasteiger partial charge is 0.311 e. The van der Waals surface area contributed by atoms with Crippen LogP contribution in [0, 0.1) is 0 Å². The van der Waals surface area contributed by atoms with Crippen LogP contribution in [0.25, 0.3) is 6.08 Å². The molecular weight excluding hydrogens is 504 g/mol. The summed E-state index contributed by atoms with van der Waals surface area (Å²) in [6.45, 7) is 2.50. The van der Waals surface area contributed by atoms with Crippen LogP contribution in [0.2, 0.25) is 0 Å². The number of aromatic hydroxyl groups is 2. The number of rotatable bonds is 17. The van der Waals surface area contributed by atoms with E-state index in [-0.39, 0.29) is 24.1 Å². The lowest BCUT2D eigenvalue weighted by atomic mass is 10.1. The summed E-state index contributed by atoms with van der Waals surface area (Å²) in [5, 5.41) is 30.5. The number of aliphatic hydroxyl groups excluding tert-OH is 1. The van der Waals surface area contributed by atoms with Crippen LogP contribution < -0.4 is 9.47 Å². The largest absolute Gasteiger partial charge is 0.508 e. The molecule has 0 radical (unpaired) electrons. The molecule has 3 N–H and O–H groups in total. The molecule has 0 fully saturated rings. The van der Waals surface area contributed by atoms with E-state index in [1.807, 2.05) is 30.3 Å². The number of esters is 1. The van der Waals surface area contributed by atoms with Crippen molar-refractivity contribution in [2.45, 2.75) is 83.8 Å². The fourth-order valence-corrected chi connectivity index (χ4v) is 4.42. The zero-order valence-electron chi connectivity index (χ0n) is 23.4. The summed E-state index contributed by atoms with van der Waals surface area (Å²) < 4.78 is 11.6. The van der Waals surface area contributed by atoms with Gasteiger partial charge >= 0.3 is 5.97 Å². The van der Waals surface area contributed by atoms with E-state index < -0.39 is 6.10 Å². The molecule has 6 heteroatoms. The van der Waals surface area contributed by atoms with Gasteiger partial charge in [-0.15, -0.1) is 0 Å². The number of benzene rings is 3. The molecule has 0 bridgehead atoms. The van der Waals surface area contributed by atoms with Gasteiger partial charge in [0.05, 0.1) is 0 Å². The van der Waals surface area contributed by atoms with Crippen molar-refractivity contribution in [3.63, 3.8) is 0 Å². The van der Waals surface area contributed by atoms with E-state index in [4.69, 9.17) is 9.47 Å². The summed E-state index contributed by atoms with van der Waals surface area (Å²) in [6.07, 6.45) is 13.0. The van der Waals surface area contributed by atoms with Crippen molar-refractivity contribution in [3.8, 4) is 23.0 Å². The fraction of sp³-hybridized carbons (Fsp3) is 0.382. The quantitative estimate of drug-likeness (QED) is 0.0896. The average molecular weight is 547 g/mol. The number of carbonyl (C=O) groups is 1. The topological polar surface area (TPSA) is 96.2 Å². The molecule has 0 saturated carbocycles. The molecule has 3 rings (SSSR count). The van der Waals surface area contributed by atoms with Gasteiger partial charge in [0.15, 0.2) is 0 Å². The van der Waals surface area contributed by atoms with Crippen LogP contribution in [-0.2, 0) is 11.4 Å². The third-order valence-corrected chi connectivity index (χ3v) is 6.73. The van der Waals surface area contributed by atoms with Crippen molar-refractivity contribution in [2.24, 2.45) is 0 Å². The first-order valence-electron chi connectivity index (χ1n) is 14.4. The molecule has 1 atom stereocenters. The van der Waals surface area contributed by atoms with Gasteiger partial charge in [0.2, 0.25) is 0 Å². The van der Waals surface area contributed by atoms with Crippen LogP contribution in [0.1, 0.15) is 93.9 Å². The summed E-state index contributed by atoms with van der Waals surface area (Å²) in [5.74, 6) is 0.324. The molecule has 0 aliphatic rings. The van der Waals surface area contributed by atoms with E-state index in [0.717, 1.165) is 24.8 Å². The van der Waals surface area contributed by atoms with Crippen LogP contribution in [-0.4, -0.2) is 21.3 Å². The van der Waals surface area contributed by atoms with Crippen LogP contribution in [0.3, 0.4) is 0 Å². The maximum atomic E-state index is 12.5. The molecule has 0 heterocycles. The lowest BCUT2D eigenvalue weighted by Crippen LogP contribution is -2.08. The SMILES string of the molecule is CCCCCCCCCCCC(=O)Oc1ccc(C(O)C=Cc2ccc(O)cc2O)c(OCc2ccccc2)c1. The first-order chi connectivity index (χ1) is 19.5. The Bertz CT molecular complexity index is 1200. The van der Waals surface area contributed by atoms with E-state index in [0.29, 0.717) is 29.0 Å². The van der Waals surface area contributed by atoms with E-state index in [2.05, 4.69) is 6.92 Å². The van der Waals surface area contributed by atoms with Crippen LogP contribution in [0.15, 0.2) is 72.8 Å². The van der Waals surface area contributed by atoms with Crippen molar-refractivity contribution in [3.05, 3.63) is 89.5 Å². The van der Waals surface area contributed by atoms with E-state index in [1.54, 1.807) is 30.3 Å². The molecule has 40 heavy (non-hydrogen) atoms. The Morgan fingerprint density at radius 3 is 2.25 bits per heavy atom. The third kappa shape index (κ3) is 10.8. The standard InChI is InChI=1S/C34H42O6/c1-2-3-4-5-6-7-8-9-13-16-34(38)40-29-20-21-30(33(24-29)39-25-26-14-11-10-12-15-26)31(36)22-18-27-17-19-28(35)23-32(27)37/h10-12,14-15,17-24,31,35-37H,2-9,13,16,25H2,1H3. The molecule has 0 amide bonds. The summed E-state index contributed by atoms with van der Waals surface area (Å²) in [5.41, 5.74) is 1.90. The summed E-state index contributed by atoms with van der Waals surface area (Å²) in [7, 11) is 0. The highest BCUT2D eigenvalue weighted by molar-refractivity contribution is 5.72. The van der Waals surface area contributed by atoms with Crippen LogP contribution in [0.5, 0.6) is 23.0 Å². The van der Waals surface area contributed by atoms with Crippen LogP contribution in [0.4, 0.5) is 0 Å². The number of unbranched alkanes of at least 4 members (excludes halogenated alkanes) is 8. The zero-order chi connectivity index (χ0) is 28.6. The fourth-order valence-electron chi connectivity index (χ4n) is 4.42. The normalized spacial score (nSPS) is 11.9. The Morgan fingerprint density at radius 1 is 0.850 bits per heavy atom. The van der Waals surface area contributed by atoms with Crippen molar-refractivity contribution in [1.82, 2.24) is 0 Å². The predicted octanol–water partition coefficient (Wildman–Crippen LogP) is 8.25. The third-order valence-electron chi connectivity index (χ3n) is 6.73. The molecule has 0 saturated heterocycles. The summed E-state index contributed by atoms with van der Waals surface area (Å²) in [6, 6.07) is 18.8. The van der Waals surface area contributed by atoms with E-state index >= 15 is 0 Å². The molecular formula is C34H42O6. The van der Waals surface area contributed by atoms with Crippen LogP contribution >= 0.6 is 0 Å². The lowest BCUT2D eigenvalue weighted by Gasteiger charge is -2.16. The number of phenols is 2.